The van der Waals surface area contributed by atoms with Crippen molar-refractivity contribution in [3.05, 3.63) is 71.6 Å². The number of primary amides is 1. The molecule has 7 nitrogen and oxygen atoms in total. The maximum absolute atomic E-state index is 11.6. The van der Waals surface area contributed by atoms with Crippen LogP contribution in [0, 0.1) is 13.8 Å². The predicted molar refractivity (Wildman–Crippen MR) is 97.7 cm³/mol. The molecule has 4 rings (SSSR count). The molecule has 0 fully saturated rings. The number of imidazole rings is 1. The first-order chi connectivity index (χ1) is 12.5. The molecule has 1 aromatic carbocycles. The Labute approximate surface area is 150 Å². The number of carbonyl (C=O) groups is 1. The molecule has 130 valence electrons. The van der Waals surface area contributed by atoms with Crippen LogP contribution in [0.5, 0.6) is 0 Å². The van der Waals surface area contributed by atoms with Gasteiger partial charge in [0, 0.05) is 11.8 Å². The summed E-state index contributed by atoms with van der Waals surface area (Å²) in [7, 11) is 0. The third-order valence-corrected chi connectivity index (χ3v) is 4.33. The fraction of sp³-hybridized carbons (Fsp3) is 0.158. The zero-order chi connectivity index (χ0) is 18.3. The van der Waals surface area contributed by atoms with Crippen molar-refractivity contribution in [2.24, 2.45) is 5.73 Å². The molecule has 0 spiro atoms. The van der Waals surface area contributed by atoms with Crippen LogP contribution in [0.4, 0.5) is 0 Å². The molecule has 0 bridgehead atoms. The number of hydrogen-bond donors (Lipinski definition) is 1. The first-order valence-electron chi connectivity index (χ1n) is 8.25. The monoisotopic (exact) mass is 346 g/mol. The zero-order valence-corrected chi connectivity index (χ0v) is 14.5. The molecule has 0 radical (unpaired) electrons. The molecule has 0 aliphatic heterocycles. The van der Waals surface area contributed by atoms with Crippen LogP contribution in [0.15, 0.2) is 48.9 Å². The van der Waals surface area contributed by atoms with Crippen LogP contribution in [0.2, 0.25) is 0 Å². The number of carbonyl (C=O) groups excluding carboxylic acids is 1. The van der Waals surface area contributed by atoms with Crippen molar-refractivity contribution in [2.45, 2.75) is 20.4 Å². The van der Waals surface area contributed by atoms with Crippen LogP contribution in [0.25, 0.3) is 16.9 Å². The third kappa shape index (κ3) is 2.73. The van der Waals surface area contributed by atoms with Crippen molar-refractivity contribution in [1.29, 1.82) is 0 Å². The SMILES string of the molecule is Cc1ccc(-c2nc3ccc(C)cn3c2Cn2ncnc2C(N)=O)cc1. The molecule has 0 saturated carbocycles. The van der Waals surface area contributed by atoms with Crippen LogP contribution in [-0.2, 0) is 6.54 Å². The lowest BCUT2D eigenvalue weighted by Gasteiger charge is -2.08. The molecule has 0 atom stereocenters. The maximum Gasteiger partial charge on any atom is 0.286 e. The number of rotatable bonds is 4. The van der Waals surface area contributed by atoms with Crippen molar-refractivity contribution >= 4 is 11.6 Å². The summed E-state index contributed by atoms with van der Waals surface area (Å²) >= 11 is 0. The van der Waals surface area contributed by atoms with E-state index in [1.54, 1.807) is 0 Å². The van der Waals surface area contributed by atoms with Crippen LogP contribution < -0.4 is 5.73 Å². The molecule has 0 saturated heterocycles. The Hall–Kier alpha value is -3.48. The molecule has 26 heavy (non-hydrogen) atoms. The molecule has 4 aromatic rings. The van der Waals surface area contributed by atoms with Crippen LogP contribution in [-0.4, -0.2) is 30.1 Å². The van der Waals surface area contributed by atoms with Crippen LogP contribution in [0.3, 0.4) is 0 Å². The van der Waals surface area contributed by atoms with Gasteiger partial charge in [0.25, 0.3) is 5.91 Å². The van der Waals surface area contributed by atoms with E-state index in [4.69, 9.17) is 10.7 Å². The summed E-state index contributed by atoms with van der Waals surface area (Å²) in [6.45, 7) is 4.41. The Kier molecular flexibility index (Phi) is 3.76. The van der Waals surface area contributed by atoms with Crippen molar-refractivity contribution in [2.75, 3.05) is 0 Å². The van der Waals surface area contributed by atoms with Gasteiger partial charge in [-0.1, -0.05) is 35.9 Å². The molecule has 0 aliphatic carbocycles. The average Bonchev–Trinajstić information content (AvgIpc) is 3.21. The Morgan fingerprint density at radius 3 is 2.54 bits per heavy atom. The Morgan fingerprint density at radius 1 is 1.08 bits per heavy atom. The van der Waals surface area contributed by atoms with E-state index in [2.05, 4.69) is 22.2 Å². The van der Waals surface area contributed by atoms with Crippen molar-refractivity contribution in [3.63, 3.8) is 0 Å². The summed E-state index contributed by atoms with van der Waals surface area (Å²) in [5.74, 6) is -0.480. The highest BCUT2D eigenvalue weighted by Crippen LogP contribution is 2.26. The lowest BCUT2D eigenvalue weighted by molar-refractivity contribution is 0.0985. The largest absolute Gasteiger partial charge is 0.363 e. The third-order valence-electron chi connectivity index (χ3n) is 4.33. The number of amides is 1. The number of fused-ring (bicyclic) bond motifs is 1. The Bertz CT molecular complexity index is 1110. The van der Waals surface area contributed by atoms with Crippen molar-refractivity contribution in [3.8, 4) is 11.3 Å². The van der Waals surface area contributed by atoms with E-state index in [-0.39, 0.29) is 5.82 Å². The number of nitrogens with two attached hydrogens (primary N) is 1. The molecule has 1 amide bonds. The highest BCUT2D eigenvalue weighted by Gasteiger charge is 2.18. The molecular formula is C19H18N6O. The molecule has 7 heteroatoms. The summed E-state index contributed by atoms with van der Waals surface area (Å²) in [6, 6.07) is 12.2. The van der Waals surface area contributed by atoms with Gasteiger partial charge >= 0.3 is 0 Å². The second-order valence-corrected chi connectivity index (χ2v) is 6.31. The molecule has 0 unspecified atom stereocenters. The van der Waals surface area contributed by atoms with E-state index >= 15 is 0 Å². The maximum atomic E-state index is 11.6. The van der Waals surface area contributed by atoms with E-state index in [9.17, 15) is 4.79 Å². The van der Waals surface area contributed by atoms with Gasteiger partial charge in [-0.15, -0.1) is 0 Å². The van der Waals surface area contributed by atoms with Gasteiger partial charge in [-0.3, -0.25) is 4.79 Å². The molecule has 2 N–H and O–H groups in total. The Morgan fingerprint density at radius 2 is 1.81 bits per heavy atom. The molecular weight excluding hydrogens is 328 g/mol. The Balaban J connectivity index is 1.91. The smallest absolute Gasteiger partial charge is 0.286 e. The lowest BCUT2D eigenvalue weighted by atomic mass is 10.1. The van der Waals surface area contributed by atoms with Crippen LogP contribution >= 0.6 is 0 Å². The van der Waals surface area contributed by atoms with Gasteiger partial charge in [-0.05, 0) is 25.5 Å². The van der Waals surface area contributed by atoms with Crippen molar-refractivity contribution < 1.29 is 4.79 Å². The fourth-order valence-corrected chi connectivity index (χ4v) is 3.01. The van der Waals surface area contributed by atoms with Crippen LogP contribution in [0.1, 0.15) is 27.4 Å². The number of aromatic nitrogens is 5. The van der Waals surface area contributed by atoms with E-state index in [0.29, 0.717) is 6.54 Å². The van der Waals surface area contributed by atoms with Gasteiger partial charge in [0.05, 0.1) is 17.9 Å². The minimum Gasteiger partial charge on any atom is -0.363 e. The number of nitrogens with zero attached hydrogens (tertiary/aromatic N) is 5. The van der Waals surface area contributed by atoms with E-state index < -0.39 is 5.91 Å². The standard InChI is InChI=1S/C19H18N6O/c1-12-3-6-14(7-4-12)17-15(10-25-19(18(20)26)21-11-22-25)24-9-13(2)5-8-16(24)23-17/h3-9,11H,10H2,1-2H3,(H2,20,26). The zero-order valence-electron chi connectivity index (χ0n) is 14.5. The van der Waals surface area contributed by atoms with Gasteiger partial charge in [-0.2, -0.15) is 5.10 Å². The van der Waals surface area contributed by atoms with Gasteiger partial charge in [0.1, 0.15) is 12.0 Å². The van der Waals surface area contributed by atoms with E-state index in [0.717, 1.165) is 28.2 Å². The van der Waals surface area contributed by atoms with Gasteiger partial charge in [-0.25, -0.2) is 14.6 Å². The van der Waals surface area contributed by atoms with Gasteiger partial charge in [0.2, 0.25) is 5.82 Å². The second kappa shape index (κ2) is 6.11. The summed E-state index contributed by atoms with van der Waals surface area (Å²) in [4.78, 5) is 20.3. The first-order valence-corrected chi connectivity index (χ1v) is 8.25. The average molecular weight is 346 g/mol. The number of aryl methyl sites for hydroxylation is 2. The lowest BCUT2D eigenvalue weighted by Crippen LogP contribution is -2.20. The molecule has 0 aliphatic rings. The highest BCUT2D eigenvalue weighted by atomic mass is 16.1. The van der Waals surface area contributed by atoms with Crippen molar-refractivity contribution in [1.82, 2.24) is 24.1 Å². The number of hydrogen-bond acceptors (Lipinski definition) is 4. The topological polar surface area (TPSA) is 91.1 Å². The predicted octanol–water partition coefficient (Wildman–Crippen LogP) is 2.36. The quantitative estimate of drug-likeness (QED) is 0.614. The minimum absolute atomic E-state index is 0.127. The summed E-state index contributed by atoms with van der Waals surface area (Å²) in [5, 5.41) is 4.15. The summed E-state index contributed by atoms with van der Waals surface area (Å²) in [6.07, 6.45) is 3.36. The normalized spacial score (nSPS) is 11.2. The molecule has 3 heterocycles. The van der Waals surface area contributed by atoms with E-state index in [1.807, 2.05) is 48.7 Å². The minimum atomic E-state index is -0.607. The molecule has 3 aromatic heterocycles. The highest BCUT2D eigenvalue weighted by molar-refractivity contribution is 5.89. The van der Waals surface area contributed by atoms with Gasteiger partial charge < -0.3 is 10.1 Å². The fourth-order valence-electron chi connectivity index (χ4n) is 3.01. The van der Waals surface area contributed by atoms with E-state index in [1.165, 1.54) is 16.6 Å². The summed E-state index contributed by atoms with van der Waals surface area (Å²) < 4.78 is 3.53. The second-order valence-electron chi connectivity index (χ2n) is 6.31. The van der Waals surface area contributed by atoms with Gasteiger partial charge in [0.15, 0.2) is 0 Å². The number of benzene rings is 1. The number of pyridine rings is 1. The summed E-state index contributed by atoms with van der Waals surface area (Å²) in [5.41, 5.74) is 11.3. The first kappa shape index (κ1) is 16.0.